The van der Waals surface area contributed by atoms with Crippen LogP contribution >= 0.6 is 0 Å². The van der Waals surface area contributed by atoms with Crippen molar-refractivity contribution in [1.29, 1.82) is 0 Å². The molecular weight excluding hydrogens is 196 g/mol. The molecule has 0 bridgehead atoms. The van der Waals surface area contributed by atoms with Gasteiger partial charge >= 0.3 is 0 Å². The Morgan fingerprint density at radius 3 is 2.50 bits per heavy atom. The number of anilines is 2. The summed E-state index contributed by atoms with van der Waals surface area (Å²) in [6.07, 6.45) is 7.65. The van der Waals surface area contributed by atoms with Crippen LogP contribution in [0.2, 0.25) is 0 Å². The molecule has 0 radical (unpaired) electrons. The van der Waals surface area contributed by atoms with Crippen LogP contribution in [0, 0.1) is 0 Å². The largest absolute Gasteiger partial charge is 0.399 e. The highest BCUT2D eigenvalue weighted by Crippen LogP contribution is 2.25. The maximum Gasteiger partial charge on any atom is 0.0565 e. The quantitative estimate of drug-likeness (QED) is 0.741. The van der Waals surface area contributed by atoms with Crippen LogP contribution in [0.1, 0.15) is 20.3 Å². The zero-order valence-electron chi connectivity index (χ0n) is 9.83. The fraction of sp³-hybridized carbons (Fsp3) is 0.286. The molecule has 0 spiro atoms. The van der Waals surface area contributed by atoms with E-state index < -0.39 is 0 Å². The second-order valence-corrected chi connectivity index (χ2v) is 4.65. The third-order valence-corrected chi connectivity index (χ3v) is 2.90. The Bertz CT molecular complexity index is 429. The summed E-state index contributed by atoms with van der Waals surface area (Å²) in [6, 6.07) is 7.86. The standard InChI is InChI=1S/C14H18N2/c1-11-7-9-14(2,10-8-11)16-13-5-3-12(15)4-6-13/h3-9,16H,10,15H2,1-2H3. The van der Waals surface area contributed by atoms with Crippen molar-refractivity contribution in [2.45, 2.75) is 25.8 Å². The van der Waals surface area contributed by atoms with Crippen LogP contribution in [-0.2, 0) is 0 Å². The SMILES string of the molecule is CC1=CCC(C)(Nc2ccc(N)cc2)C=C1. The van der Waals surface area contributed by atoms with Crippen LogP contribution < -0.4 is 11.1 Å². The minimum absolute atomic E-state index is 0.00955. The monoisotopic (exact) mass is 214 g/mol. The zero-order chi connectivity index (χ0) is 11.6. The molecule has 16 heavy (non-hydrogen) atoms. The molecule has 0 aromatic heterocycles. The van der Waals surface area contributed by atoms with Crippen molar-refractivity contribution in [1.82, 2.24) is 0 Å². The van der Waals surface area contributed by atoms with Gasteiger partial charge in [-0.2, -0.15) is 0 Å². The topological polar surface area (TPSA) is 38.0 Å². The first-order chi connectivity index (χ1) is 7.57. The average Bonchev–Trinajstić information content (AvgIpc) is 2.27. The summed E-state index contributed by atoms with van der Waals surface area (Å²) in [7, 11) is 0. The highest BCUT2D eigenvalue weighted by molar-refractivity contribution is 5.54. The number of nitrogens with one attached hydrogen (secondary N) is 1. The summed E-state index contributed by atoms with van der Waals surface area (Å²) in [6.45, 7) is 4.32. The van der Waals surface area contributed by atoms with Crippen LogP contribution in [0.15, 0.2) is 48.1 Å². The first kappa shape index (κ1) is 10.8. The van der Waals surface area contributed by atoms with E-state index in [1.54, 1.807) is 0 Å². The average molecular weight is 214 g/mol. The number of nitrogens with two attached hydrogens (primary N) is 1. The second kappa shape index (κ2) is 4.05. The van der Waals surface area contributed by atoms with E-state index in [1.165, 1.54) is 5.57 Å². The van der Waals surface area contributed by atoms with Gasteiger partial charge in [0.15, 0.2) is 0 Å². The van der Waals surface area contributed by atoms with Crippen molar-refractivity contribution in [2.75, 3.05) is 11.1 Å². The lowest BCUT2D eigenvalue weighted by molar-refractivity contribution is 0.637. The van der Waals surface area contributed by atoms with Crippen molar-refractivity contribution in [3.63, 3.8) is 0 Å². The lowest BCUT2D eigenvalue weighted by Gasteiger charge is -2.30. The predicted octanol–water partition coefficient (Wildman–Crippen LogP) is 3.35. The molecule has 0 fully saturated rings. The van der Waals surface area contributed by atoms with Crippen LogP contribution in [0.4, 0.5) is 11.4 Å². The van der Waals surface area contributed by atoms with Gasteiger partial charge in [-0.25, -0.2) is 0 Å². The summed E-state index contributed by atoms with van der Waals surface area (Å²) < 4.78 is 0. The van der Waals surface area contributed by atoms with Crippen LogP contribution in [-0.4, -0.2) is 5.54 Å². The number of rotatable bonds is 2. The van der Waals surface area contributed by atoms with E-state index in [0.717, 1.165) is 17.8 Å². The lowest BCUT2D eigenvalue weighted by Crippen LogP contribution is -2.32. The molecule has 0 saturated carbocycles. The molecule has 2 nitrogen and oxygen atoms in total. The van der Waals surface area contributed by atoms with Gasteiger partial charge in [0.1, 0.15) is 0 Å². The van der Waals surface area contributed by atoms with Gasteiger partial charge in [-0.05, 0) is 44.5 Å². The Labute approximate surface area is 96.9 Å². The molecule has 0 saturated heterocycles. The molecule has 1 aromatic carbocycles. The Hall–Kier alpha value is -1.70. The zero-order valence-corrected chi connectivity index (χ0v) is 9.83. The molecule has 1 atom stereocenters. The van der Waals surface area contributed by atoms with E-state index in [-0.39, 0.29) is 5.54 Å². The van der Waals surface area contributed by atoms with Crippen molar-refractivity contribution in [3.05, 3.63) is 48.1 Å². The molecule has 1 aromatic rings. The predicted molar refractivity (Wildman–Crippen MR) is 70.4 cm³/mol. The summed E-state index contributed by atoms with van der Waals surface area (Å²) in [5, 5.41) is 3.52. The third kappa shape index (κ3) is 2.45. The van der Waals surface area contributed by atoms with Gasteiger partial charge in [0, 0.05) is 11.4 Å². The molecular formula is C14H18N2. The van der Waals surface area contributed by atoms with E-state index in [0.29, 0.717) is 0 Å². The van der Waals surface area contributed by atoms with Gasteiger partial charge in [0.25, 0.3) is 0 Å². The Balaban J connectivity index is 2.10. The smallest absolute Gasteiger partial charge is 0.0565 e. The van der Waals surface area contributed by atoms with E-state index in [9.17, 15) is 0 Å². The van der Waals surface area contributed by atoms with Gasteiger partial charge in [-0.15, -0.1) is 0 Å². The van der Waals surface area contributed by atoms with Crippen LogP contribution in [0.3, 0.4) is 0 Å². The van der Waals surface area contributed by atoms with Crippen molar-refractivity contribution < 1.29 is 0 Å². The van der Waals surface area contributed by atoms with Crippen molar-refractivity contribution in [3.8, 4) is 0 Å². The van der Waals surface area contributed by atoms with Gasteiger partial charge in [-0.1, -0.05) is 23.8 Å². The number of nitrogen functional groups attached to an aromatic ring is 1. The molecule has 1 aliphatic carbocycles. The fourth-order valence-electron chi connectivity index (χ4n) is 1.81. The molecule has 2 heteroatoms. The van der Waals surface area contributed by atoms with Crippen LogP contribution in [0.25, 0.3) is 0 Å². The number of hydrogen-bond acceptors (Lipinski definition) is 2. The van der Waals surface area contributed by atoms with Gasteiger partial charge in [0.2, 0.25) is 0 Å². The maximum absolute atomic E-state index is 5.66. The fourth-order valence-corrected chi connectivity index (χ4v) is 1.81. The van der Waals surface area contributed by atoms with E-state index in [1.807, 2.05) is 24.3 Å². The summed E-state index contributed by atoms with van der Waals surface area (Å²) >= 11 is 0. The normalized spacial score (nSPS) is 24.0. The molecule has 0 amide bonds. The molecule has 0 heterocycles. The molecule has 1 aliphatic rings. The molecule has 3 N–H and O–H groups in total. The van der Waals surface area contributed by atoms with E-state index in [2.05, 4.69) is 37.4 Å². The van der Waals surface area contributed by atoms with Crippen molar-refractivity contribution in [2.24, 2.45) is 0 Å². The maximum atomic E-state index is 5.66. The first-order valence-electron chi connectivity index (χ1n) is 5.57. The second-order valence-electron chi connectivity index (χ2n) is 4.65. The highest BCUT2D eigenvalue weighted by atomic mass is 15.0. The van der Waals surface area contributed by atoms with Crippen LogP contribution in [0.5, 0.6) is 0 Å². The third-order valence-electron chi connectivity index (χ3n) is 2.90. The Morgan fingerprint density at radius 2 is 1.94 bits per heavy atom. The molecule has 2 rings (SSSR count). The Morgan fingerprint density at radius 1 is 1.25 bits per heavy atom. The lowest BCUT2D eigenvalue weighted by atomic mass is 9.90. The molecule has 84 valence electrons. The van der Waals surface area contributed by atoms with Gasteiger partial charge < -0.3 is 11.1 Å². The van der Waals surface area contributed by atoms with E-state index >= 15 is 0 Å². The molecule has 1 unspecified atom stereocenters. The first-order valence-corrected chi connectivity index (χ1v) is 5.57. The number of hydrogen-bond donors (Lipinski definition) is 2. The summed E-state index contributed by atoms with van der Waals surface area (Å²) in [5.41, 5.74) is 8.90. The molecule has 0 aliphatic heterocycles. The van der Waals surface area contributed by atoms with Crippen molar-refractivity contribution >= 4 is 11.4 Å². The van der Waals surface area contributed by atoms with E-state index in [4.69, 9.17) is 5.73 Å². The number of benzene rings is 1. The number of allylic oxidation sites excluding steroid dienone is 2. The van der Waals surface area contributed by atoms with Gasteiger partial charge in [-0.3, -0.25) is 0 Å². The Kier molecular flexibility index (Phi) is 2.73. The summed E-state index contributed by atoms with van der Waals surface area (Å²) in [4.78, 5) is 0. The minimum atomic E-state index is 0.00955. The van der Waals surface area contributed by atoms with Gasteiger partial charge in [0.05, 0.1) is 5.54 Å². The summed E-state index contributed by atoms with van der Waals surface area (Å²) in [5.74, 6) is 0. The minimum Gasteiger partial charge on any atom is -0.399 e. The highest BCUT2D eigenvalue weighted by Gasteiger charge is 2.21.